The van der Waals surface area contributed by atoms with E-state index in [1.165, 1.54) is 5.56 Å². The Hall–Kier alpha value is -1.83. The molecule has 1 aromatic carbocycles. The summed E-state index contributed by atoms with van der Waals surface area (Å²) in [5.41, 5.74) is 1.25. The van der Waals surface area contributed by atoms with Gasteiger partial charge in [0.2, 0.25) is 6.20 Å². The summed E-state index contributed by atoms with van der Waals surface area (Å²) in [6.45, 7) is 4.51. The van der Waals surface area contributed by atoms with Crippen LogP contribution >= 0.6 is 0 Å². The minimum atomic E-state index is 0.786. The molecular weight excluding hydrogens is 174 g/mol. The van der Waals surface area contributed by atoms with Gasteiger partial charge in [-0.25, -0.2) is 0 Å². The van der Waals surface area contributed by atoms with E-state index in [1.807, 2.05) is 29.0 Å². The zero-order chi connectivity index (χ0) is 9.80. The van der Waals surface area contributed by atoms with Crippen LogP contribution in [0.2, 0.25) is 0 Å². The van der Waals surface area contributed by atoms with E-state index in [-0.39, 0.29) is 0 Å². The average molecular weight is 186 g/mol. The molecule has 0 bridgehead atoms. The topological polar surface area (TPSA) is 17.0 Å². The number of hydrogen-bond donors (Lipinski definition) is 0. The van der Waals surface area contributed by atoms with E-state index in [4.69, 9.17) is 4.42 Å². The molecule has 0 aliphatic heterocycles. The molecule has 70 valence electrons. The van der Waals surface area contributed by atoms with Crippen molar-refractivity contribution in [3.8, 4) is 0 Å². The average Bonchev–Trinajstić information content (AvgIpc) is 2.67. The Labute approximate surface area is 83.1 Å². The predicted molar refractivity (Wildman–Crippen MR) is 54.5 cm³/mol. The van der Waals surface area contributed by atoms with Crippen LogP contribution in [-0.2, 0) is 6.54 Å². The lowest BCUT2D eigenvalue weighted by molar-refractivity contribution is -0.693. The quantitative estimate of drug-likeness (QED) is 0.672. The van der Waals surface area contributed by atoms with Gasteiger partial charge in [0.25, 0.3) is 0 Å². The lowest BCUT2D eigenvalue weighted by Gasteiger charge is -1.94. The van der Waals surface area contributed by atoms with E-state index in [2.05, 4.69) is 18.7 Å². The fraction of sp³-hybridized carbons (Fsp3) is 0.0833. The summed E-state index contributed by atoms with van der Waals surface area (Å²) < 4.78 is 7.25. The molecule has 0 saturated heterocycles. The van der Waals surface area contributed by atoms with Gasteiger partial charge in [-0.2, -0.15) is 4.57 Å². The second kappa shape index (κ2) is 3.92. The standard InChI is InChI=1S/C12H12NO/c1-2-12-13(8-9-14-12)10-11-6-4-3-5-7-11/h2-9H,1,10H2/q+1. The van der Waals surface area contributed by atoms with Gasteiger partial charge in [-0.05, 0) is 0 Å². The fourth-order valence-corrected chi connectivity index (χ4v) is 1.39. The summed E-state index contributed by atoms with van der Waals surface area (Å²) in [6.07, 6.45) is 5.28. The molecular formula is C12H12NO+. The molecule has 0 amide bonds. The molecule has 0 fully saturated rings. The van der Waals surface area contributed by atoms with Crippen molar-refractivity contribution in [2.24, 2.45) is 0 Å². The van der Waals surface area contributed by atoms with Gasteiger partial charge in [-0.15, -0.1) is 0 Å². The molecule has 2 nitrogen and oxygen atoms in total. The van der Waals surface area contributed by atoms with Crippen LogP contribution in [0.3, 0.4) is 0 Å². The SMILES string of the molecule is C=Cc1occ[n+]1Cc1ccccc1. The lowest BCUT2D eigenvalue weighted by Crippen LogP contribution is -2.34. The monoisotopic (exact) mass is 186 g/mol. The molecule has 14 heavy (non-hydrogen) atoms. The Morgan fingerprint density at radius 1 is 1.29 bits per heavy atom. The van der Waals surface area contributed by atoms with E-state index in [9.17, 15) is 0 Å². The number of oxazole rings is 1. The highest BCUT2D eigenvalue weighted by atomic mass is 16.3. The maximum Gasteiger partial charge on any atom is 0.372 e. The molecule has 2 rings (SSSR count). The summed E-state index contributed by atoms with van der Waals surface area (Å²) in [7, 11) is 0. The van der Waals surface area contributed by atoms with Crippen molar-refractivity contribution in [3.63, 3.8) is 0 Å². The first kappa shape index (κ1) is 8.75. The van der Waals surface area contributed by atoms with Gasteiger partial charge < -0.3 is 4.42 Å². The first-order chi connectivity index (χ1) is 6.90. The van der Waals surface area contributed by atoms with Crippen LogP contribution in [0.15, 0.2) is 53.8 Å². The summed E-state index contributed by atoms with van der Waals surface area (Å²) in [4.78, 5) is 0. The Kier molecular flexibility index (Phi) is 2.45. The maximum absolute atomic E-state index is 5.23. The molecule has 0 aliphatic carbocycles. The van der Waals surface area contributed by atoms with Crippen LogP contribution in [0, 0.1) is 0 Å². The number of benzene rings is 1. The van der Waals surface area contributed by atoms with Crippen molar-refractivity contribution < 1.29 is 8.98 Å². The summed E-state index contributed by atoms with van der Waals surface area (Å²) in [6, 6.07) is 10.3. The van der Waals surface area contributed by atoms with Crippen molar-refractivity contribution in [1.29, 1.82) is 0 Å². The van der Waals surface area contributed by atoms with E-state index < -0.39 is 0 Å². The minimum absolute atomic E-state index is 0.786. The Morgan fingerprint density at radius 2 is 2.07 bits per heavy atom. The van der Waals surface area contributed by atoms with Crippen molar-refractivity contribution in [1.82, 2.24) is 0 Å². The zero-order valence-corrected chi connectivity index (χ0v) is 7.89. The third-order valence-corrected chi connectivity index (χ3v) is 2.08. The normalized spacial score (nSPS) is 10.0. The van der Waals surface area contributed by atoms with Crippen LogP contribution < -0.4 is 4.57 Å². The second-order valence-corrected chi connectivity index (χ2v) is 3.06. The number of nitrogens with zero attached hydrogens (tertiary/aromatic N) is 1. The highest BCUT2D eigenvalue weighted by molar-refractivity contribution is 5.29. The van der Waals surface area contributed by atoms with Crippen LogP contribution in [0.5, 0.6) is 0 Å². The van der Waals surface area contributed by atoms with Gasteiger partial charge in [0, 0.05) is 11.6 Å². The van der Waals surface area contributed by atoms with E-state index in [0.29, 0.717) is 0 Å². The first-order valence-corrected chi connectivity index (χ1v) is 4.53. The molecule has 2 aromatic rings. The second-order valence-electron chi connectivity index (χ2n) is 3.06. The van der Waals surface area contributed by atoms with E-state index in [0.717, 1.165) is 12.4 Å². The molecule has 0 N–H and O–H groups in total. The Morgan fingerprint density at radius 3 is 2.79 bits per heavy atom. The van der Waals surface area contributed by atoms with Crippen LogP contribution in [-0.4, -0.2) is 0 Å². The molecule has 0 aliphatic rings. The van der Waals surface area contributed by atoms with Crippen molar-refractivity contribution >= 4 is 6.08 Å². The highest BCUT2D eigenvalue weighted by Crippen LogP contribution is 2.00. The van der Waals surface area contributed by atoms with E-state index in [1.54, 1.807) is 12.3 Å². The van der Waals surface area contributed by atoms with Gasteiger partial charge in [0.15, 0.2) is 12.8 Å². The zero-order valence-electron chi connectivity index (χ0n) is 7.89. The molecule has 0 saturated carbocycles. The third-order valence-electron chi connectivity index (χ3n) is 2.08. The predicted octanol–water partition coefficient (Wildman–Crippen LogP) is 2.26. The van der Waals surface area contributed by atoms with Gasteiger partial charge in [0.05, 0.1) is 0 Å². The molecule has 2 heteroatoms. The van der Waals surface area contributed by atoms with Crippen LogP contribution in [0.25, 0.3) is 6.08 Å². The maximum atomic E-state index is 5.23. The molecule has 0 spiro atoms. The van der Waals surface area contributed by atoms with Gasteiger partial charge >= 0.3 is 5.89 Å². The van der Waals surface area contributed by atoms with Gasteiger partial charge in [-0.1, -0.05) is 36.9 Å². The molecule has 1 aromatic heterocycles. The van der Waals surface area contributed by atoms with Crippen molar-refractivity contribution in [3.05, 3.63) is 60.8 Å². The largest absolute Gasteiger partial charge is 0.407 e. The smallest absolute Gasteiger partial charge is 0.372 e. The minimum Gasteiger partial charge on any atom is -0.407 e. The summed E-state index contributed by atoms with van der Waals surface area (Å²) in [5.74, 6) is 0.786. The number of aromatic nitrogens is 1. The first-order valence-electron chi connectivity index (χ1n) is 4.53. The molecule has 0 atom stereocenters. The fourth-order valence-electron chi connectivity index (χ4n) is 1.39. The third kappa shape index (κ3) is 1.74. The summed E-state index contributed by atoms with van der Waals surface area (Å²) >= 11 is 0. The van der Waals surface area contributed by atoms with Crippen molar-refractivity contribution in [2.75, 3.05) is 0 Å². The molecule has 0 radical (unpaired) electrons. The van der Waals surface area contributed by atoms with E-state index >= 15 is 0 Å². The summed E-state index contributed by atoms with van der Waals surface area (Å²) in [5, 5.41) is 0. The van der Waals surface area contributed by atoms with Gasteiger partial charge in [0.1, 0.15) is 0 Å². The highest BCUT2D eigenvalue weighted by Gasteiger charge is 2.10. The lowest BCUT2D eigenvalue weighted by atomic mass is 10.2. The van der Waals surface area contributed by atoms with Crippen LogP contribution in [0.1, 0.15) is 11.5 Å². The van der Waals surface area contributed by atoms with Crippen LogP contribution in [0.4, 0.5) is 0 Å². The van der Waals surface area contributed by atoms with Crippen molar-refractivity contribution in [2.45, 2.75) is 6.54 Å². The van der Waals surface area contributed by atoms with Gasteiger partial charge in [-0.3, -0.25) is 0 Å². The number of hydrogen-bond acceptors (Lipinski definition) is 1. The number of rotatable bonds is 3. The Bertz CT molecular complexity index is 417. The molecule has 0 unspecified atom stereocenters. The molecule has 1 heterocycles. The Balaban J connectivity index is 2.23.